The summed E-state index contributed by atoms with van der Waals surface area (Å²) in [5.74, 6) is 0. The summed E-state index contributed by atoms with van der Waals surface area (Å²) >= 11 is 0. The van der Waals surface area contributed by atoms with Gasteiger partial charge in [-0.2, -0.15) is 0 Å². The van der Waals surface area contributed by atoms with Gasteiger partial charge < -0.3 is 17.7 Å². The maximum atomic E-state index is 2.75. The Bertz CT molecular complexity index is 4400. The molecule has 0 bridgehead atoms. The Morgan fingerprint density at radius 2 is 0.314 bits per heavy atom. The van der Waals surface area contributed by atoms with Crippen molar-refractivity contribution in [2.45, 2.75) is 0 Å². The molecule has 0 aromatic heterocycles. The van der Waals surface area contributed by atoms with Crippen molar-refractivity contribution in [2.24, 2.45) is 0 Å². The van der Waals surface area contributed by atoms with E-state index in [0.29, 0.717) is 0 Å². The van der Waals surface area contributed by atoms with Crippen LogP contribution in [0.15, 0.2) is 388 Å². The Labute approximate surface area is 663 Å². The van der Waals surface area contributed by atoms with E-state index in [2.05, 4.69) is 394 Å². The van der Waals surface area contributed by atoms with Crippen LogP contribution in [0.2, 0.25) is 0 Å². The molecule has 0 aliphatic carbocycles. The van der Waals surface area contributed by atoms with E-state index in [4.69, 9.17) is 0 Å². The molecule has 16 aromatic rings. The van der Waals surface area contributed by atoms with Gasteiger partial charge in [-0.05, 0) is 175 Å². The molecule has 12 heteroatoms. The summed E-state index contributed by atoms with van der Waals surface area (Å²) < 4.78 is 0. The minimum absolute atomic E-state index is 0. The normalized spacial score (nSPS) is 10.5. The van der Waals surface area contributed by atoms with Crippen molar-refractivity contribution in [1.29, 1.82) is 0 Å². The second-order valence-electron chi connectivity index (χ2n) is 23.2. The van der Waals surface area contributed by atoms with Gasteiger partial charge in [-0.1, -0.05) is 388 Å². The molecule has 1 N–H and O–H groups in total. The summed E-state index contributed by atoms with van der Waals surface area (Å²) in [5, 5.41) is 29.4. The number of fused-ring (bicyclic) bond motifs is 4. The third-order valence-electron chi connectivity index (χ3n) is 17.2. The van der Waals surface area contributed by atoms with Crippen LogP contribution in [-0.2, 0) is 39.0 Å². The molecule has 0 aliphatic heterocycles. The maximum absolute atomic E-state index is 2.75. The Morgan fingerprint density at radius 3 is 0.461 bits per heavy atom. The van der Waals surface area contributed by atoms with E-state index < -0.39 is 31.7 Å². The van der Waals surface area contributed by atoms with Gasteiger partial charge in [-0.25, -0.2) is 0 Å². The van der Waals surface area contributed by atoms with Gasteiger partial charge >= 0.3 is 19.5 Å². The average Bonchev–Trinajstić information content (AvgIpc) is 0.735. The molecule has 0 saturated carbocycles. The Hall–Kier alpha value is -7.06. The zero-order valence-corrected chi connectivity index (χ0v) is 67.0. The van der Waals surface area contributed by atoms with Crippen molar-refractivity contribution in [3.05, 3.63) is 388 Å². The van der Waals surface area contributed by atoms with Crippen molar-refractivity contribution in [3.8, 4) is 22.3 Å². The first kappa shape index (κ1) is 82.2. The molecule has 0 heterocycles. The zero-order chi connectivity index (χ0) is 64.1. The van der Waals surface area contributed by atoms with Gasteiger partial charge in [0.05, 0.1) is 0 Å². The Morgan fingerprint density at radius 1 is 0.186 bits per heavy atom. The Kier molecular flexibility index (Phi) is 32.5. The molecule has 1 nitrogen and oxygen atoms in total. The third-order valence-corrected chi connectivity index (χ3v) is 27.1. The molecule has 16 aromatic carbocycles. The maximum Gasteiger partial charge on any atom is 2.00 e. The summed E-state index contributed by atoms with van der Waals surface area (Å²) in [6, 6.07) is 144. The molecule has 0 fully saturated rings. The average molecular weight is 1670 g/mol. The first-order valence-corrected chi connectivity index (χ1v) is 37.8. The predicted molar refractivity (Wildman–Crippen MR) is 453 cm³/mol. The van der Waals surface area contributed by atoms with E-state index in [-0.39, 0.29) is 101 Å². The molecule has 0 radical (unpaired) electrons. The summed E-state index contributed by atoms with van der Waals surface area (Å²) in [6.45, 7) is 0. The fraction of sp³-hybridized carbons (Fsp3) is 0.0222. The number of hydrogen-bond donors (Lipinski definition) is 1. The van der Waals surface area contributed by atoms with Gasteiger partial charge in [0.1, 0.15) is 0 Å². The molecule has 102 heavy (non-hydrogen) atoms. The van der Waals surface area contributed by atoms with E-state index >= 15 is 0 Å². The predicted octanol–water partition coefficient (Wildman–Crippen LogP) is 16.9. The number of hydrogen-bond acceptors (Lipinski definition) is 1. The largest absolute Gasteiger partial charge is 2.00 e. The van der Waals surface area contributed by atoms with Gasteiger partial charge in [0.15, 0.2) is 0 Å². The van der Waals surface area contributed by atoms with Crippen LogP contribution in [0, 0.1) is 0 Å². The van der Waals surface area contributed by atoms with Gasteiger partial charge in [0, 0.05) is 19.5 Å². The minimum atomic E-state index is -0.852. The fourth-order valence-electron chi connectivity index (χ4n) is 13.2. The molecular formula is C90H75Cl5NP4Ru2+. The number of rotatable bonds is 14. The van der Waals surface area contributed by atoms with Crippen LogP contribution in [0.1, 0.15) is 0 Å². The van der Waals surface area contributed by atoms with Crippen LogP contribution in [0.4, 0.5) is 0 Å². The van der Waals surface area contributed by atoms with Crippen molar-refractivity contribution < 1.29 is 51.4 Å². The van der Waals surface area contributed by atoms with E-state index in [1.54, 1.807) is 0 Å². The van der Waals surface area contributed by atoms with Crippen LogP contribution in [0.5, 0.6) is 0 Å². The third kappa shape index (κ3) is 18.0. The molecule has 0 atom stereocenters. The topological polar surface area (TPSA) is 12.0 Å². The van der Waals surface area contributed by atoms with Gasteiger partial charge in [-0.15, -0.1) is 49.6 Å². The molecule has 0 saturated heterocycles. The Balaban J connectivity index is 0.000000258. The van der Waals surface area contributed by atoms with Gasteiger partial charge in [0.25, 0.3) is 0 Å². The minimum Gasteiger partial charge on any atom is -1.00 e. The smallest absolute Gasteiger partial charge is 1.00 e. The first-order valence-electron chi connectivity index (χ1n) is 32.4. The SMILES string of the molecule is CNC.Cl.Cl.Cl.Cl.[Cl-].[Ru+2].[Ru].c1ccc(P(c2ccccc2)c2ccc3ccccc3c2-c2c(P(c3ccccc3)c3ccccc3)ccc3ccccc23)cc1.c1ccc(P(c2ccccc2)c2ccc3ccccc3c2-c2c(P(c3ccccc3)c3ccccc3)ccc3ccccc23)cc1. The van der Waals surface area contributed by atoms with Crippen molar-refractivity contribution >= 4 is 188 Å². The number of nitrogens with one attached hydrogen (secondary N) is 1. The zero-order valence-electron chi connectivity index (χ0n) is 56.0. The van der Waals surface area contributed by atoms with Crippen LogP contribution < -0.4 is 81.4 Å². The van der Waals surface area contributed by atoms with Crippen LogP contribution >= 0.6 is 81.3 Å². The summed E-state index contributed by atoms with van der Waals surface area (Å²) in [6.07, 6.45) is 0. The summed E-state index contributed by atoms with van der Waals surface area (Å²) in [4.78, 5) is 0. The molecule has 0 spiro atoms. The second kappa shape index (κ2) is 40.3. The molecular weight excluding hydrogens is 1600 g/mol. The van der Waals surface area contributed by atoms with E-state index in [1.165, 1.54) is 129 Å². The molecule has 0 amide bonds. The van der Waals surface area contributed by atoms with E-state index in [9.17, 15) is 0 Å². The summed E-state index contributed by atoms with van der Waals surface area (Å²) in [7, 11) is 0.342. The van der Waals surface area contributed by atoms with Crippen molar-refractivity contribution in [1.82, 2.24) is 5.32 Å². The van der Waals surface area contributed by atoms with E-state index in [0.717, 1.165) is 0 Å². The fourth-order valence-corrected chi connectivity index (χ4v) is 23.1. The quantitative estimate of drug-likeness (QED) is 0.0845. The van der Waals surface area contributed by atoms with E-state index in [1.807, 2.05) is 14.1 Å². The number of halogens is 5. The molecule has 0 aliphatic rings. The first-order chi connectivity index (χ1) is 47.1. The summed E-state index contributed by atoms with van der Waals surface area (Å²) in [5.41, 5.74) is 5.40. The molecule has 0 unspecified atom stereocenters. The van der Waals surface area contributed by atoms with Gasteiger partial charge in [0.2, 0.25) is 0 Å². The van der Waals surface area contributed by atoms with Crippen molar-refractivity contribution in [2.75, 3.05) is 14.1 Å². The molecule has 510 valence electrons. The van der Waals surface area contributed by atoms with Gasteiger partial charge in [-0.3, -0.25) is 0 Å². The number of benzene rings is 16. The molecule has 16 rings (SSSR count). The second-order valence-corrected chi connectivity index (χ2v) is 32.0. The van der Waals surface area contributed by atoms with Crippen LogP contribution in [0.25, 0.3) is 65.3 Å². The van der Waals surface area contributed by atoms with Crippen molar-refractivity contribution in [3.63, 3.8) is 0 Å². The van der Waals surface area contributed by atoms with Crippen LogP contribution in [0.3, 0.4) is 0 Å². The monoisotopic (exact) mass is 1670 g/mol. The standard InChI is InChI=1S/2C44H32P2.C2H7N.5ClH.2Ru/c2*1-5-19-35(20-6-1)45(36-21-7-2-8-22-36)41-31-29-33-17-13-15-27-39(33)43(41)44-40-28-16-14-18-34(40)30-32-42(44)46(37-23-9-3-10-24-37)38-25-11-4-12-26-38;1-3-2;;;;;;;/h2*1-32H;3H,1-2H3;5*1H;;/q;;;;;;;;;+2/p-1. The van der Waals surface area contributed by atoms with Crippen LogP contribution in [-0.4, -0.2) is 14.1 Å².